The second-order valence-electron chi connectivity index (χ2n) is 4.45. The molecule has 0 saturated carbocycles. The molecule has 1 N–H and O–H groups in total. The van der Waals surface area contributed by atoms with Crippen LogP contribution in [0.2, 0.25) is 0 Å². The largest absolute Gasteiger partial charge is 0.332 e. The van der Waals surface area contributed by atoms with Crippen LogP contribution in [0.4, 0.5) is 0 Å². The van der Waals surface area contributed by atoms with E-state index >= 15 is 0 Å². The monoisotopic (exact) mass is 260 g/mol. The summed E-state index contributed by atoms with van der Waals surface area (Å²) in [6.07, 6.45) is 6.68. The molecule has 0 unspecified atom stereocenters. The molecule has 19 heavy (non-hydrogen) atoms. The predicted molar refractivity (Wildman–Crippen MR) is 74.9 cm³/mol. The highest BCUT2D eigenvalue weighted by molar-refractivity contribution is 4.94. The van der Waals surface area contributed by atoms with Gasteiger partial charge in [-0.15, -0.1) is 0 Å². The van der Waals surface area contributed by atoms with Gasteiger partial charge in [-0.2, -0.15) is 0 Å². The number of nitrogens with zero attached hydrogens (tertiary/aromatic N) is 3. The lowest BCUT2D eigenvalue weighted by molar-refractivity contribution is 0.531. The Kier molecular flexibility index (Phi) is 4.92. The Morgan fingerprint density at radius 1 is 1.21 bits per heavy atom. The van der Waals surface area contributed by atoms with Crippen LogP contribution >= 0.6 is 0 Å². The van der Waals surface area contributed by atoms with Crippen LogP contribution in [0.1, 0.15) is 19.2 Å². The molecule has 2 aromatic rings. The molecule has 0 spiro atoms. The maximum absolute atomic E-state index is 11.6. The van der Waals surface area contributed by atoms with E-state index in [1.807, 2.05) is 18.5 Å². The predicted octanol–water partition coefficient (Wildman–Crippen LogP) is 1.24. The number of rotatable bonds is 7. The van der Waals surface area contributed by atoms with Crippen molar-refractivity contribution in [2.24, 2.45) is 0 Å². The van der Waals surface area contributed by atoms with Gasteiger partial charge in [0.05, 0.1) is 6.54 Å². The lowest BCUT2D eigenvalue weighted by atomic mass is 10.4. The topological polar surface area (TPSA) is 51.9 Å². The molecule has 0 bridgehead atoms. The molecule has 0 aliphatic carbocycles. The molecule has 0 radical (unpaired) electrons. The van der Waals surface area contributed by atoms with Crippen molar-refractivity contribution in [3.8, 4) is 0 Å². The number of hydrogen-bond acceptors (Lipinski definition) is 3. The fourth-order valence-corrected chi connectivity index (χ4v) is 1.95. The van der Waals surface area contributed by atoms with Crippen molar-refractivity contribution in [1.82, 2.24) is 19.4 Å². The van der Waals surface area contributed by atoms with Gasteiger partial charge in [0.25, 0.3) is 5.56 Å². The third kappa shape index (κ3) is 3.79. The Balaban J connectivity index is 1.95. The molecular weight excluding hydrogens is 240 g/mol. The third-order valence-corrected chi connectivity index (χ3v) is 2.99. The summed E-state index contributed by atoms with van der Waals surface area (Å²) in [5.74, 6) is 1.01. The second-order valence-corrected chi connectivity index (χ2v) is 4.45. The van der Waals surface area contributed by atoms with Crippen LogP contribution in [0.15, 0.2) is 41.6 Å². The zero-order valence-electron chi connectivity index (χ0n) is 11.2. The minimum Gasteiger partial charge on any atom is -0.332 e. The second kappa shape index (κ2) is 6.89. The van der Waals surface area contributed by atoms with E-state index in [1.165, 1.54) is 0 Å². The van der Waals surface area contributed by atoms with E-state index in [1.54, 1.807) is 22.9 Å². The van der Waals surface area contributed by atoms with Gasteiger partial charge in [0.2, 0.25) is 0 Å². The number of aryl methyl sites for hydroxylation is 2. The number of pyridine rings is 1. The normalized spacial score (nSPS) is 10.8. The number of hydrogen-bond donors (Lipinski definition) is 1. The van der Waals surface area contributed by atoms with Gasteiger partial charge in [0.1, 0.15) is 5.82 Å². The van der Waals surface area contributed by atoms with Crippen molar-refractivity contribution in [1.29, 1.82) is 0 Å². The first-order chi connectivity index (χ1) is 9.31. The first kappa shape index (κ1) is 13.5. The van der Waals surface area contributed by atoms with Crippen LogP contribution in [0.5, 0.6) is 0 Å². The molecule has 102 valence electrons. The Hall–Kier alpha value is -1.88. The Morgan fingerprint density at radius 3 is 2.84 bits per heavy atom. The average Bonchev–Trinajstić information content (AvgIpc) is 2.86. The standard InChI is InChI=1S/C14H20N4O/c1-2-6-15-12-13-16-7-9-17(13)10-11-18-8-4-3-5-14(18)19/h3-5,7-9,15H,2,6,10-12H2,1H3. The first-order valence-corrected chi connectivity index (χ1v) is 6.67. The summed E-state index contributed by atoms with van der Waals surface area (Å²) >= 11 is 0. The lowest BCUT2D eigenvalue weighted by Gasteiger charge is -2.10. The maximum Gasteiger partial charge on any atom is 0.250 e. The highest BCUT2D eigenvalue weighted by Crippen LogP contribution is 1.98. The molecule has 5 nitrogen and oxygen atoms in total. The Morgan fingerprint density at radius 2 is 2.05 bits per heavy atom. The van der Waals surface area contributed by atoms with Crippen LogP contribution in [-0.2, 0) is 19.6 Å². The van der Waals surface area contributed by atoms with Gasteiger partial charge in [-0.3, -0.25) is 4.79 Å². The van der Waals surface area contributed by atoms with Gasteiger partial charge in [-0.05, 0) is 19.0 Å². The summed E-state index contributed by atoms with van der Waals surface area (Å²) in [5.41, 5.74) is 0.0354. The molecule has 0 atom stereocenters. The molecule has 5 heteroatoms. The summed E-state index contributed by atoms with van der Waals surface area (Å²) in [6.45, 7) is 5.32. The first-order valence-electron chi connectivity index (χ1n) is 6.67. The van der Waals surface area contributed by atoms with Crippen LogP contribution in [-0.4, -0.2) is 20.7 Å². The quantitative estimate of drug-likeness (QED) is 0.762. The van der Waals surface area contributed by atoms with Crippen molar-refractivity contribution < 1.29 is 0 Å². The molecule has 0 aliphatic heterocycles. The number of aromatic nitrogens is 3. The molecular formula is C14H20N4O. The van der Waals surface area contributed by atoms with Gasteiger partial charge in [0, 0.05) is 37.7 Å². The van der Waals surface area contributed by atoms with E-state index in [0.29, 0.717) is 6.54 Å². The van der Waals surface area contributed by atoms with Crippen molar-refractivity contribution in [3.05, 3.63) is 53.0 Å². The molecule has 0 aromatic carbocycles. The Bertz CT molecular complexity index is 558. The fraction of sp³-hybridized carbons (Fsp3) is 0.429. The van der Waals surface area contributed by atoms with Gasteiger partial charge in [-0.1, -0.05) is 13.0 Å². The van der Waals surface area contributed by atoms with Crippen molar-refractivity contribution in [2.45, 2.75) is 33.0 Å². The molecule has 0 fully saturated rings. The number of imidazole rings is 1. The van der Waals surface area contributed by atoms with E-state index in [9.17, 15) is 4.79 Å². The van der Waals surface area contributed by atoms with Crippen LogP contribution in [0, 0.1) is 0 Å². The summed E-state index contributed by atoms with van der Waals surface area (Å²) < 4.78 is 3.80. The maximum atomic E-state index is 11.6. The molecule has 0 aliphatic rings. The highest BCUT2D eigenvalue weighted by atomic mass is 16.1. The van der Waals surface area contributed by atoms with Gasteiger partial charge in [-0.25, -0.2) is 4.98 Å². The summed E-state index contributed by atoms with van der Waals surface area (Å²) in [5, 5.41) is 3.34. The lowest BCUT2D eigenvalue weighted by Crippen LogP contribution is -2.22. The molecule has 0 saturated heterocycles. The van der Waals surface area contributed by atoms with Crippen LogP contribution in [0.25, 0.3) is 0 Å². The summed E-state index contributed by atoms with van der Waals surface area (Å²) in [6, 6.07) is 5.22. The SMILES string of the molecule is CCCNCc1nccn1CCn1ccccc1=O. The van der Waals surface area contributed by atoms with Crippen molar-refractivity contribution in [3.63, 3.8) is 0 Å². The van der Waals surface area contributed by atoms with E-state index in [-0.39, 0.29) is 5.56 Å². The fourth-order valence-electron chi connectivity index (χ4n) is 1.95. The summed E-state index contributed by atoms with van der Waals surface area (Å²) in [7, 11) is 0. The third-order valence-electron chi connectivity index (χ3n) is 2.99. The van der Waals surface area contributed by atoms with Gasteiger partial charge < -0.3 is 14.5 Å². The zero-order chi connectivity index (χ0) is 13.5. The summed E-state index contributed by atoms with van der Waals surface area (Å²) in [4.78, 5) is 15.9. The minimum absolute atomic E-state index is 0.0354. The van der Waals surface area contributed by atoms with Gasteiger partial charge >= 0.3 is 0 Å². The number of nitrogens with one attached hydrogen (secondary N) is 1. The minimum atomic E-state index is 0.0354. The van der Waals surface area contributed by atoms with E-state index in [0.717, 1.165) is 31.9 Å². The molecule has 0 amide bonds. The highest BCUT2D eigenvalue weighted by Gasteiger charge is 2.02. The zero-order valence-corrected chi connectivity index (χ0v) is 11.2. The van der Waals surface area contributed by atoms with Crippen molar-refractivity contribution >= 4 is 0 Å². The van der Waals surface area contributed by atoms with Crippen LogP contribution < -0.4 is 10.9 Å². The van der Waals surface area contributed by atoms with E-state index < -0.39 is 0 Å². The van der Waals surface area contributed by atoms with E-state index in [2.05, 4.69) is 21.8 Å². The van der Waals surface area contributed by atoms with E-state index in [4.69, 9.17) is 0 Å². The molecule has 2 aromatic heterocycles. The molecule has 2 heterocycles. The Labute approximate surface area is 112 Å². The smallest absolute Gasteiger partial charge is 0.250 e. The van der Waals surface area contributed by atoms with Crippen LogP contribution in [0.3, 0.4) is 0 Å². The average molecular weight is 260 g/mol. The molecule has 2 rings (SSSR count). The van der Waals surface area contributed by atoms with Gasteiger partial charge in [0.15, 0.2) is 0 Å². The van der Waals surface area contributed by atoms with Crippen molar-refractivity contribution in [2.75, 3.05) is 6.54 Å².